The molecule has 0 unspecified atom stereocenters. The van der Waals surface area contributed by atoms with Crippen molar-refractivity contribution in [3.05, 3.63) is 54.5 Å². The van der Waals surface area contributed by atoms with Crippen LogP contribution in [0.5, 0.6) is 11.5 Å². The summed E-state index contributed by atoms with van der Waals surface area (Å²) >= 11 is 1.42. The van der Waals surface area contributed by atoms with Crippen LogP contribution < -0.4 is 14.8 Å². The van der Waals surface area contributed by atoms with Crippen LogP contribution in [-0.4, -0.2) is 39.4 Å². The van der Waals surface area contributed by atoms with Crippen molar-refractivity contribution >= 4 is 17.7 Å². The number of amides is 1. The summed E-state index contributed by atoms with van der Waals surface area (Å²) in [6, 6.07) is 11.5. The molecule has 3 heterocycles. The molecular weight excluding hydrogens is 388 g/mol. The number of hydrogen-bond acceptors (Lipinski definition) is 6. The molecule has 0 atom stereocenters. The number of imidazole rings is 1. The minimum atomic E-state index is -0.0489. The molecule has 29 heavy (non-hydrogen) atoms. The summed E-state index contributed by atoms with van der Waals surface area (Å²) in [5.74, 6) is 1.76. The van der Waals surface area contributed by atoms with E-state index in [9.17, 15) is 4.79 Å². The van der Waals surface area contributed by atoms with Gasteiger partial charge in [0.1, 0.15) is 13.2 Å². The molecule has 0 saturated carbocycles. The van der Waals surface area contributed by atoms with Gasteiger partial charge in [-0.2, -0.15) is 0 Å². The van der Waals surface area contributed by atoms with Crippen LogP contribution in [0.2, 0.25) is 0 Å². The van der Waals surface area contributed by atoms with Crippen molar-refractivity contribution in [2.24, 2.45) is 0 Å². The number of nitrogens with one attached hydrogen (secondary N) is 1. The Balaban J connectivity index is 1.41. The number of carbonyl (C=O) groups excluding carboxylic acids is 1. The van der Waals surface area contributed by atoms with E-state index in [1.807, 2.05) is 42.6 Å². The van der Waals surface area contributed by atoms with Gasteiger partial charge in [-0.3, -0.25) is 9.78 Å². The van der Waals surface area contributed by atoms with Crippen LogP contribution in [0.25, 0.3) is 11.3 Å². The number of fused-ring (bicyclic) bond motifs is 1. The van der Waals surface area contributed by atoms with Gasteiger partial charge in [-0.15, -0.1) is 0 Å². The molecular formula is C21H22N4O3S. The SMILES string of the molecule is CCn1c(-c2ccc3c(c2)OCCO3)cnc1SCC(=O)NCc1ccccn1. The number of rotatable bonds is 7. The Morgan fingerprint density at radius 2 is 2.03 bits per heavy atom. The van der Waals surface area contributed by atoms with Gasteiger partial charge < -0.3 is 19.4 Å². The molecule has 0 saturated heterocycles. The van der Waals surface area contributed by atoms with Crippen molar-refractivity contribution in [1.82, 2.24) is 19.9 Å². The average molecular weight is 410 g/mol. The van der Waals surface area contributed by atoms with Crippen LogP contribution in [0.3, 0.4) is 0 Å². The van der Waals surface area contributed by atoms with E-state index in [0.717, 1.165) is 40.2 Å². The first-order valence-electron chi connectivity index (χ1n) is 9.49. The molecule has 0 fully saturated rings. The highest BCUT2D eigenvalue weighted by Gasteiger charge is 2.16. The standard InChI is InChI=1S/C21H22N4O3S/c1-2-25-17(15-6-7-18-19(11-15)28-10-9-27-18)13-24-21(25)29-14-20(26)23-12-16-5-3-4-8-22-16/h3-8,11,13H,2,9-10,12,14H2,1H3,(H,23,26). The maximum atomic E-state index is 12.2. The summed E-state index contributed by atoms with van der Waals surface area (Å²) in [7, 11) is 0. The van der Waals surface area contributed by atoms with E-state index in [1.54, 1.807) is 6.20 Å². The largest absolute Gasteiger partial charge is 0.486 e. The van der Waals surface area contributed by atoms with E-state index < -0.39 is 0 Å². The van der Waals surface area contributed by atoms with Gasteiger partial charge in [0.05, 0.1) is 29.9 Å². The molecule has 1 aliphatic rings. The van der Waals surface area contributed by atoms with E-state index in [1.165, 1.54) is 11.8 Å². The molecule has 1 aliphatic heterocycles. The number of carbonyl (C=O) groups is 1. The molecule has 2 aromatic heterocycles. The molecule has 7 nitrogen and oxygen atoms in total. The smallest absolute Gasteiger partial charge is 0.230 e. The Bertz CT molecular complexity index is 991. The van der Waals surface area contributed by atoms with Crippen LogP contribution >= 0.6 is 11.8 Å². The third kappa shape index (κ3) is 4.54. The lowest BCUT2D eigenvalue weighted by Crippen LogP contribution is -2.25. The van der Waals surface area contributed by atoms with Gasteiger partial charge in [0.15, 0.2) is 16.7 Å². The number of thioether (sulfide) groups is 1. The second-order valence-corrected chi connectivity index (χ2v) is 7.36. The second kappa shape index (κ2) is 9.00. The van der Waals surface area contributed by atoms with E-state index >= 15 is 0 Å². The van der Waals surface area contributed by atoms with Crippen LogP contribution in [0.1, 0.15) is 12.6 Å². The quantitative estimate of drug-likeness (QED) is 0.603. The van der Waals surface area contributed by atoms with Crippen molar-refractivity contribution in [3.63, 3.8) is 0 Å². The fourth-order valence-corrected chi connectivity index (χ4v) is 3.96. The Hall–Kier alpha value is -3.00. The van der Waals surface area contributed by atoms with Gasteiger partial charge in [0, 0.05) is 18.3 Å². The van der Waals surface area contributed by atoms with Crippen LogP contribution in [0.15, 0.2) is 53.9 Å². The van der Waals surface area contributed by atoms with Crippen molar-refractivity contribution < 1.29 is 14.3 Å². The third-order valence-electron chi connectivity index (χ3n) is 4.50. The Kier molecular flexibility index (Phi) is 6.00. The molecule has 1 N–H and O–H groups in total. The van der Waals surface area contributed by atoms with Crippen LogP contribution in [0.4, 0.5) is 0 Å². The number of hydrogen-bond donors (Lipinski definition) is 1. The lowest BCUT2D eigenvalue weighted by molar-refractivity contribution is -0.118. The highest BCUT2D eigenvalue weighted by molar-refractivity contribution is 7.99. The summed E-state index contributed by atoms with van der Waals surface area (Å²) in [4.78, 5) is 20.9. The van der Waals surface area contributed by atoms with Crippen LogP contribution in [-0.2, 0) is 17.9 Å². The number of nitrogens with zero attached hydrogens (tertiary/aromatic N) is 3. The minimum absolute atomic E-state index is 0.0489. The summed E-state index contributed by atoms with van der Waals surface area (Å²) in [5, 5.41) is 3.70. The molecule has 0 bridgehead atoms. The van der Waals surface area contributed by atoms with Gasteiger partial charge in [0.2, 0.25) is 5.91 Å². The van der Waals surface area contributed by atoms with E-state index in [4.69, 9.17) is 9.47 Å². The molecule has 3 aromatic rings. The molecule has 0 aliphatic carbocycles. The molecule has 150 valence electrons. The normalized spacial score (nSPS) is 12.6. The average Bonchev–Trinajstić information content (AvgIpc) is 3.19. The van der Waals surface area contributed by atoms with E-state index in [0.29, 0.717) is 25.5 Å². The number of benzene rings is 1. The zero-order chi connectivity index (χ0) is 20.1. The molecule has 1 aromatic carbocycles. The van der Waals surface area contributed by atoms with E-state index in [-0.39, 0.29) is 5.91 Å². The molecule has 8 heteroatoms. The maximum Gasteiger partial charge on any atom is 0.230 e. The first-order valence-corrected chi connectivity index (χ1v) is 10.5. The topological polar surface area (TPSA) is 78.3 Å². The Labute approximate surface area is 173 Å². The van der Waals surface area contributed by atoms with Crippen molar-refractivity contribution in [2.45, 2.75) is 25.2 Å². The maximum absolute atomic E-state index is 12.2. The fraction of sp³-hybridized carbons (Fsp3) is 0.286. The van der Waals surface area contributed by atoms with Crippen molar-refractivity contribution in [3.8, 4) is 22.8 Å². The first kappa shape index (κ1) is 19.3. The number of ether oxygens (including phenoxy) is 2. The summed E-state index contributed by atoms with van der Waals surface area (Å²) in [6.07, 6.45) is 3.55. The minimum Gasteiger partial charge on any atom is -0.486 e. The Morgan fingerprint density at radius 1 is 1.17 bits per heavy atom. The highest BCUT2D eigenvalue weighted by atomic mass is 32.2. The van der Waals surface area contributed by atoms with Crippen molar-refractivity contribution in [1.29, 1.82) is 0 Å². The van der Waals surface area contributed by atoms with Crippen LogP contribution in [0, 0.1) is 0 Å². The van der Waals surface area contributed by atoms with Crippen molar-refractivity contribution in [2.75, 3.05) is 19.0 Å². The number of pyridine rings is 1. The predicted octanol–water partition coefficient (Wildman–Crippen LogP) is 3.14. The van der Waals surface area contributed by atoms with Gasteiger partial charge in [-0.05, 0) is 37.3 Å². The summed E-state index contributed by atoms with van der Waals surface area (Å²) in [6.45, 7) is 4.36. The van der Waals surface area contributed by atoms with E-state index in [2.05, 4.69) is 26.8 Å². The Morgan fingerprint density at radius 3 is 2.83 bits per heavy atom. The zero-order valence-corrected chi connectivity index (χ0v) is 16.9. The lowest BCUT2D eigenvalue weighted by Gasteiger charge is -2.19. The highest BCUT2D eigenvalue weighted by Crippen LogP contribution is 2.35. The molecule has 0 spiro atoms. The van der Waals surface area contributed by atoms with Gasteiger partial charge >= 0.3 is 0 Å². The molecule has 4 rings (SSSR count). The second-order valence-electron chi connectivity index (χ2n) is 6.42. The monoisotopic (exact) mass is 410 g/mol. The molecule has 1 amide bonds. The number of aromatic nitrogens is 3. The summed E-state index contributed by atoms with van der Waals surface area (Å²) in [5.41, 5.74) is 2.83. The first-order chi connectivity index (χ1) is 14.2. The lowest BCUT2D eigenvalue weighted by atomic mass is 10.1. The van der Waals surface area contributed by atoms with Gasteiger partial charge in [-0.25, -0.2) is 4.98 Å². The summed E-state index contributed by atoms with van der Waals surface area (Å²) < 4.78 is 13.4. The third-order valence-corrected chi connectivity index (χ3v) is 5.49. The van der Waals surface area contributed by atoms with Gasteiger partial charge in [-0.1, -0.05) is 17.8 Å². The van der Waals surface area contributed by atoms with Gasteiger partial charge in [0.25, 0.3) is 0 Å². The molecule has 0 radical (unpaired) electrons. The zero-order valence-electron chi connectivity index (χ0n) is 16.1. The predicted molar refractivity (Wildman–Crippen MR) is 111 cm³/mol. The fourth-order valence-electron chi connectivity index (χ4n) is 3.09.